The molecule has 4 heteroatoms. The first-order valence-corrected chi connectivity index (χ1v) is 24.0. The summed E-state index contributed by atoms with van der Waals surface area (Å²) in [5.41, 5.74) is 14.9. The van der Waals surface area contributed by atoms with Crippen LogP contribution >= 0.6 is 23.5 Å². The van der Waals surface area contributed by atoms with E-state index < -0.39 is 0 Å². The predicted octanol–water partition coefficient (Wildman–Crippen LogP) is 18.1. The number of benzene rings is 11. The first kappa shape index (κ1) is 37.2. The molecule has 0 saturated carbocycles. The molecule has 0 N–H and O–H groups in total. The molecule has 0 spiro atoms. The molecule has 0 bridgehead atoms. The Morgan fingerprint density at radius 2 is 0.877 bits per heavy atom. The van der Waals surface area contributed by atoms with Crippen molar-refractivity contribution in [3.05, 3.63) is 217 Å². The SMILES string of the molecule is CC1(C)c2ccccc2-c2ccc(N3c4cc(-c5ccc6c(c5)N(c5ccc7c8ccccc8c8ccccc8c7c5)c5ccccc5S6)ccc4Sc4c3ccc3ccccc43)cc21. The minimum Gasteiger partial charge on any atom is -0.308 e. The van der Waals surface area contributed by atoms with Crippen LogP contribution in [0.4, 0.5) is 34.1 Å². The van der Waals surface area contributed by atoms with Crippen molar-refractivity contribution in [3.63, 3.8) is 0 Å². The summed E-state index contributed by atoms with van der Waals surface area (Å²) >= 11 is 3.75. The van der Waals surface area contributed by atoms with E-state index in [1.807, 2.05) is 23.5 Å². The first-order valence-electron chi connectivity index (χ1n) is 22.4. The molecule has 65 heavy (non-hydrogen) atoms. The largest absolute Gasteiger partial charge is 0.308 e. The second-order valence-corrected chi connectivity index (χ2v) is 20.2. The molecular formula is C61H40N2S2. The standard InChI is InChI=1S/C61H40N2S2/c1-61(2)51-20-10-9-19-48(51)49-29-27-41(36-52(49)61)63-54-30-23-37-13-3-4-14-42(37)60(54)65-59-32-25-39(34-56(59)63)38-24-31-58-55(33-38)62(53-21-11-12-22-57(53)64-58)40-26-28-47-45-17-6-5-15-43(45)44-16-7-8-18-46(44)50(47)35-40/h3-36H,1-2H3. The third-order valence-electron chi connectivity index (χ3n) is 14.2. The molecule has 0 saturated heterocycles. The van der Waals surface area contributed by atoms with Crippen LogP contribution in [0, 0.1) is 0 Å². The lowest BCUT2D eigenvalue weighted by atomic mass is 9.82. The fraction of sp³-hybridized carbons (Fsp3) is 0.0492. The van der Waals surface area contributed by atoms with Crippen LogP contribution in [0.5, 0.6) is 0 Å². The Morgan fingerprint density at radius 3 is 1.63 bits per heavy atom. The van der Waals surface area contributed by atoms with Crippen LogP contribution in [0.1, 0.15) is 25.0 Å². The monoisotopic (exact) mass is 864 g/mol. The normalized spacial score (nSPS) is 14.2. The Balaban J connectivity index is 0.936. The van der Waals surface area contributed by atoms with Crippen LogP contribution in [0.25, 0.3) is 65.3 Å². The molecule has 1 aliphatic carbocycles. The highest BCUT2D eigenvalue weighted by atomic mass is 32.2. The van der Waals surface area contributed by atoms with Crippen LogP contribution < -0.4 is 9.80 Å². The van der Waals surface area contributed by atoms with E-state index in [-0.39, 0.29) is 5.41 Å². The summed E-state index contributed by atoms with van der Waals surface area (Å²) in [5, 5.41) is 10.2. The Hall–Kier alpha value is -7.24. The number of nitrogens with zero attached hydrogens (tertiary/aromatic N) is 2. The summed E-state index contributed by atoms with van der Waals surface area (Å²) in [6.07, 6.45) is 0. The molecule has 2 aliphatic heterocycles. The zero-order valence-corrected chi connectivity index (χ0v) is 37.5. The third kappa shape index (κ3) is 5.45. The second-order valence-electron chi connectivity index (χ2n) is 18.1. The highest BCUT2D eigenvalue weighted by Crippen LogP contribution is 2.58. The van der Waals surface area contributed by atoms with Gasteiger partial charge in [-0.3, -0.25) is 0 Å². The average molecular weight is 865 g/mol. The maximum absolute atomic E-state index is 2.52. The molecule has 306 valence electrons. The van der Waals surface area contributed by atoms with Crippen molar-refractivity contribution in [1.82, 2.24) is 0 Å². The van der Waals surface area contributed by atoms with Gasteiger partial charge in [-0.1, -0.05) is 177 Å². The average Bonchev–Trinajstić information content (AvgIpc) is 3.59. The molecule has 0 aromatic heterocycles. The van der Waals surface area contributed by atoms with E-state index in [4.69, 9.17) is 0 Å². The van der Waals surface area contributed by atoms with Crippen LogP contribution in [-0.4, -0.2) is 0 Å². The molecular weight excluding hydrogens is 825 g/mol. The van der Waals surface area contributed by atoms with E-state index >= 15 is 0 Å². The van der Waals surface area contributed by atoms with Gasteiger partial charge in [-0.15, -0.1) is 0 Å². The number of para-hydroxylation sites is 1. The van der Waals surface area contributed by atoms with Gasteiger partial charge in [0.2, 0.25) is 0 Å². The summed E-state index contributed by atoms with van der Waals surface area (Å²) in [5.74, 6) is 0. The van der Waals surface area contributed by atoms with Crippen molar-refractivity contribution in [3.8, 4) is 22.3 Å². The van der Waals surface area contributed by atoms with Crippen LogP contribution in [0.15, 0.2) is 226 Å². The Labute approximate surface area is 386 Å². The van der Waals surface area contributed by atoms with Gasteiger partial charge in [-0.25, -0.2) is 0 Å². The van der Waals surface area contributed by atoms with Gasteiger partial charge in [0.05, 0.1) is 22.7 Å². The summed E-state index contributed by atoms with van der Waals surface area (Å²) in [6.45, 7) is 4.75. The fourth-order valence-electron chi connectivity index (χ4n) is 11.1. The summed E-state index contributed by atoms with van der Waals surface area (Å²) in [4.78, 5) is 10.1. The Kier molecular flexibility index (Phi) is 7.94. The lowest BCUT2D eigenvalue weighted by Crippen LogP contribution is -2.18. The lowest BCUT2D eigenvalue weighted by molar-refractivity contribution is 0.660. The van der Waals surface area contributed by atoms with E-state index in [1.54, 1.807) is 0 Å². The molecule has 0 amide bonds. The van der Waals surface area contributed by atoms with Crippen molar-refractivity contribution in [1.29, 1.82) is 0 Å². The van der Waals surface area contributed by atoms with Crippen LogP contribution in [-0.2, 0) is 5.41 Å². The lowest BCUT2D eigenvalue weighted by Gasteiger charge is -2.35. The van der Waals surface area contributed by atoms with Gasteiger partial charge in [0.1, 0.15) is 0 Å². The zero-order valence-electron chi connectivity index (χ0n) is 35.8. The van der Waals surface area contributed by atoms with E-state index in [2.05, 4.69) is 230 Å². The molecule has 0 radical (unpaired) electrons. The highest BCUT2D eigenvalue weighted by Gasteiger charge is 2.37. The second kappa shape index (κ2) is 13.9. The predicted molar refractivity (Wildman–Crippen MR) is 277 cm³/mol. The Morgan fingerprint density at radius 1 is 0.338 bits per heavy atom. The number of hydrogen-bond acceptors (Lipinski definition) is 4. The van der Waals surface area contributed by atoms with Crippen molar-refractivity contribution >= 4 is 101 Å². The van der Waals surface area contributed by atoms with Crippen molar-refractivity contribution < 1.29 is 0 Å². The maximum Gasteiger partial charge on any atom is 0.0608 e. The number of fused-ring (bicyclic) bond motifs is 15. The molecule has 0 atom stereocenters. The minimum absolute atomic E-state index is 0.110. The number of anilines is 6. The highest BCUT2D eigenvalue weighted by molar-refractivity contribution is 8.00. The van der Waals surface area contributed by atoms with E-state index in [9.17, 15) is 0 Å². The third-order valence-corrected chi connectivity index (χ3v) is 16.5. The Bertz CT molecular complexity index is 3810. The van der Waals surface area contributed by atoms with E-state index in [1.165, 1.54) is 124 Å². The van der Waals surface area contributed by atoms with Gasteiger partial charge in [-0.2, -0.15) is 0 Å². The molecule has 0 unspecified atom stereocenters. The minimum atomic E-state index is -0.110. The summed E-state index contributed by atoms with van der Waals surface area (Å²) in [6, 6.07) is 77.3. The molecule has 2 heterocycles. The van der Waals surface area contributed by atoms with Gasteiger partial charge in [0.15, 0.2) is 0 Å². The molecule has 11 aromatic rings. The van der Waals surface area contributed by atoms with E-state index in [0.717, 1.165) is 5.69 Å². The van der Waals surface area contributed by atoms with Crippen LogP contribution in [0.2, 0.25) is 0 Å². The van der Waals surface area contributed by atoms with Crippen LogP contribution in [0.3, 0.4) is 0 Å². The summed E-state index contributed by atoms with van der Waals surface area (Å²) in [7, 11) is 0. The van der Waals surface area contributed by atoms with Gasteiger partial charge in [0, 0.05) is 36.4 Å². The quantitative estimate of drug-likeness (QED) is 0.163. The zero-order chi connectivity index (χ0) is 43.0. The van der Waals surface area contributed by atoms with Gasteiger partial charge < -0.3 is 9.80 Å². The maximum atomic E-state index is 2.52. The van der Waals surface area contributed by atoms with Crippen molar-refractivity contribution in [2.24, 2.45) is 0 Å². The van der Waals surface area contributed by atoms with Gasteiger partial charge in [-0.05, 0) is 143 Å². The molecule has 3 aliphatic rings. The van der Waals surface area contributed by atoms with Gasteiger partial charge >= 0.3 is 0 Å². The molecule has 14 rings (SSSR count). The smallest absolute Gasteiger partial charge is 0.0608 e. The first-order chi connectivity index (χ1) is 32.0. The topological polar surface area (TPSA) is 6.48 Å². The fourth-order valence-corrected chi connectivity index (χ4v) is 13.3. The van der Waals surface area contributed by atoms with Crippen molar-refractivity contribution in [2.45, 2.75) is 38.8 Å². The number of hydrogen-bond donors (Lipinski definition) is 0. The number of rotatable bonds is 3. The summed E-state index contributed by atoms with van der Waals surface area (Å²) < 4.78 is 0. The molecule has 11 aromatic carbocycles. The van der Waals surface area contributed by atoms with Crippen molar-refractivity contribution in [2.75, 3.05) is 9.80 Å². The molecule has 2 nitrogen and oxygen atoms in total. The van der Waals surface area contributed by atoms with Gasteiger partial charge in [0.25, 0.3) is 0 Å². The molecule has 0 fully saturated rings. The van der Waals surface area contributed by atoms with E-state index in [0.29, 0.717) is 0 Å².